The lowest BCUT2D eigenvalue weighted by molar-refractivity contribution is 0.446. The average Bonchev–Trinajstić information content (AvgIpc) is 3.08. The van der Waals surface area contributed by atoms with Gasteiger partial charge in [-0.1, -0.05) is 0 Å². The first-order valence-corrected chi connectivity index (χ1v) is 8.24. The molecule has 0 fully saturated rings. The molecule has 2 aromatic rings. The van der Waals surface area contributed by atoms with Gasteiger partial charge in [0.05, 0.1) is 17.9 Å². The van der Waals surface area contributed by atoms with Crippen molar-refractivity contribution in [1.82, 2.24) is 29.3 Å². The summed E-state index contributed by atoms with van der Waals surface area (Å²) in [5, 5.41) is 14.9. The van der Waals surface area contributed by atoms with Crippen LogP contribution in [-0.2, 0) is 29.5 Å². The van der Waals surface area contributed by atoms with Crippen molar-refractivity contribution in [3.05, 3.63) is 23.0 Å². The van der Waals surface area contributed by atoms with Crippen LogP contribution in [0.5, 0.6) is 0 Å². The summed E-state index contributed by atoms with van der Waals surface area (Å²) in [7, 11) is -2.04. The predicted octanol–water partition coefficient (Wildman–Crippen LogP) is 0.385. The van der Waals surface area contributed by atoms with Gasteiger partial charge in [-0.05, 0) is 20.3 Å². The van der Waals surface area contributed by atoms with Gasteiger partial charge in [-0.3, -0.25) is 5.10 Å². The topological polar surface area (TPSA) is 96.8 Å². The smallest absolute Gasteiger partial charge is 0.246 e. The van der Waals surface area contributed by atoms with E-state index in [1.54, 1.807) is 20.9 Å². The Morgan fingerprint density at radius 2 is 2.10 bits per heavy atom. The van der Waals surface area contributed by atoms with Gasteiger partial charge in [0.2, 0.25) is 10.0 Å². The van der Waals surface area contributed by atoms with Gasteiger partial charge in [-0.2, -0.15) is 9.40 Å². The zero-order chi connectivity index (χ0) is 15.2. The van der Waals surface area contributed by atoms with Crippen molar-refractivity contribution in [3.63, 3.8) is 0 Å². The molecule has 9 heteroatoms. The molecule has 1 N–H and O–H groups in total. The first-order chi connectivity index (χ1) is 9.91. The minimum Gasteiger partial charge on any atom is -0.314 e. The molecule has 8 nitrogen and oxygen atoms in total. The third-order valence-electron chi connectivity index (χ3n) is 3.78. The van der Waals surface area contributed by atoms with Gasteiger partial charge >= 0.3 is 0 Å². The van der Waals surface area contributed by atoms with E-state index in [0.717, 1.165) is 25.2 Å². The zero-order valence-corrected chi connectivity index (χ0v) is 13.1. The van der Waals surface area contributed by atoms with Crippen LogP contribution in [-0.4, -0.2) is 44.7 Å². The second-order valence-corrected chi connectivity index (χ2v) is 7.29. The third-order valence-corrected chi connectivity index (χ3v) is 5.85. The molecule has 0 spiro atoms. The van der Waals surface area contributed by atoms with Crippen molar-refractivity contribution in [3.8, 4) is 0 Å². The van der Waals surface area contributed by atoms with Crippen LogP contribution in [0.3, 0.4) is 0 Å². The molecule has 0 atom stereocenters. The maximum Gasteiger partial charge on any atom is 0.246 e. The molecular formula is C12H18N6O2S. The Morgan fingerprint density at radius 3 is 2.76 bits per heavy atom. The lowest BCUT2D eigenvalue weighted by atomic mass is 10.4. The number of fused-ring (bicyclic) bond motifs is 1. The van der Waals surface area contributed by atoms with Gasteiger partial charge in [-0.25, -0.2) is 8.42 Å². The van der Waals surface area contributed by atoms with E-state index in [9.17, 15) is 8.42 Å². The SMILES string of the molecule is Cc1n[nH]c(C)c1S(=O)(=O)N(C)Cc1nnc2n1CCC2. The maximum atomic E-state index is 12.7. The Hall–Kier alpha value is -1.74. The first kappa shape index (κ1) is 14.2. The molecule has 21 heavy (non-hydrogen) atoms. The Bertz CT molecular complexity index is 756. The van der Waals surface area contributed by atoms with Crippen molar-refractivity contribution in [2.24, 2.45) is 0 Å². The highest BCUT2D eigenvalue weighted by Crippen LogP contribution is 2.22. The highest BCUT2D eigenvalue weighted by atomic mass is 32.2. The third kappa shape index (κ3) is 2.26. The number of aromatic amines is 1. The van der Waals surface area contributed by atoms with Crippen LogP contribution in [0, 0.1) is 13.8 Å². The summed E-state index contributed by atoms with van der Waals surface area (Å²) in [6.45, 7) is 4.45. The van der Waals surface area contributed by atoms with E-state index in [4.69, 9.17) is 0 Å². The maximum absolute atomic E-state index is 12.7. The van der Waals surface area contributed by atoms with Gasteiger partial charge in [-0.15, -0.1) is 10.2 Å². The van der Waals surface area contributed by atoms with Crippen LogP contribution in [0.4, 0.5) is 0 Å². The van der Waals surface area contributed by atoms with Gasteiger partial charge < -0.3 is 4.57 Å². The number of aryl methyl sites for hydroxylation is 3. The summed E-state index contributed by atoms with van der Waals surface area (Å²) in [5.41, 5.74) is 1.02. The van der Waals surface area contributed by atoms with Gasteiger partial charge in [0, 0.05) is 20.0 Å². The second-order valence-electron chi connectivity index (χ2n) is 5.31. The van der Waals surface area contributed by atoms with Crippen LogP contribution in [0.2, 0.25) is 0 Å². The van der Waals surface area contributed by atoms with Crippen molar-refractivity contribution in [2.45, 2.75) is 44.7 Å². The molecule has 2 aromatic heterocycles. The van der Waals surface area contributed by atoms with E-state index < -0.39 is 10.0 Å². The number of nitrogens with one attached hydrogen (secondary N) is 1. The standard InChI is InChI=1S/C12H18N6O2S/c1-8-12(9(2)14-13-8)21(19,20)17(3)7-11-16-15-10-5-4-6-18(10)11/h4-7H2,1-3H3,(H,13,14). The van der Waals surface area contributed by atoms with E-state index in [1.165, 1.54) is 4.31 Å². The molecule has 0 aliphatic carbocycles. The summed E-state index contributed by atoms with van der Waals surface area (Å²) < 4.78 is 28.6. The molecule has 0 aromatic carbocycles. The molecule has 0 radical (unpaired) electrons. The minimum atomic E-state index is -3.59. The van der Waals surface area contributed by atoms with E-state index in [2.05, 4.69) is 20.4 Å². The van der Waals surface area contributed by atoms with Crippen molar-refractivity contribution in [2.75, 3.05) is 7.05 Å². The van der Waals surface area contributed by atoms with Gasteiger partial charge in [0.15, 0.2) is 0 Å². The molecule has 1 aliphatic heterocycles. The van der Waals surface area contributed by atoms with Crippen molar-refractivity contribution >= 4 is 10.0 Å². The molecule has 114 valence electrons. The lowest BCUT2D eigenvalue weighted by Gasteiger charge is -2.17. The second kappa shape index (κ2) is 4.92. The Labute approximate surface area is 123 Å². The monoisotopic (exact) mass is 310 g/mol. The number of hydrogen-bond donors (Lipinski definition) is 1. The van der Waals surface area contributed by atoms with Crippen LogP contribution >= 0.6 is 0 Å². The lowest BCUT2D eigenvalue weighted by Crippen LogP contribution is -2.28. The van der Waals surface area contributed by atoms with E-state index in [1.807, 2.05) is 4.57 Å². The first-order valence-electron chi connectivity index (χ1n) is 6.80. The zero-order valence-electron chi connectivity index (χ0n) is 12.3. The fourth-order valence-electron chi connectivity index (χ4n) is 2.69. The van der Waals surface area contributed by atoms with Gasteiger partial charge in [0.25, 0.3) is 0 Å². The Balaban J connectivity index is 1.89. The number of nitrogens with zero attached hydrogens (tertiary/aromatic N) is 5. The molecule has 1 aliphatic rings. The molecular weight excluding hydrogens is 292 g/mol. The Kier molecular flexibility index (Phi) is 3.33. The van der Waals surface area contributed by atoms with Crippen LogP contribution in [0.25, 0.3) is 0 Å². The van der Waals surface area contributed by atoms with Crippen molar-refractivity contribution < 1.29 is 8.42 Å². The highest BCUT2D eigenvalue weighted by Gasteiger charge is 2.29. The molecule has 0 saturated carbocycles. The fourth-order valence-corrected chi connectivity index (χ4v) is 4.14. The summed E-state index contributed by atoms with van der Waals surface area (Å²) >= 11 is 0. The quantitative estimate of drug-likeness (QED) is 0.881. The summed E-state index contributed by atoms with van der Waals surface area (Å²) in [5.74, 6) is 1.62. The average molecular weight is 310 g/mol. The fraction of sp³-hybridized carbons (Fsp3) is 0.583. The molecule has 0 saturated heterocycles. The number of aromatic nitrogens is 5. The number of sulfonamides is 1. The highest BCUT2D eigenvalue weighted by molar-refractivity contribution is 7.89. The van der Waals surface area contributed by atoms with Crippen LogP contribution in [0.15, 0.2) is 4.90 Å². The molecule has 0 bridgehead atoms. The van der Waals surface area contributed by atoms with E-state index in [0.29, 0.717) is 17.2 Å². The number of hydrogen-bond acceptors (Lipinski definition) is 5. The largest absolute Gasteiger partial charge is 0.314 e. The molecule has 3 rings (SSSR count). The summed E-state index contributed by atoms with van der Waals surface area (Å²) in [6.07, 6.45) is 1.94. The minimum absolute atomic E-state index is 0.208. The van der Waals surface area contributed by atoms with E-state index >= 15 is 0 Å². The molecule has 0 unspecified atom stereocenters. The molecule has 3 heterocycles. The normalized spacial score (nSPS) is 14.9. The van der Waals surface area contributed by atoms with Crippen LogP contribution < -0.4 is 0 Å². The van der Waals surface area contributed by atoms with Crippen molar-refractivity contribution in [1.29, 1.82) is 0 Å². The van der Waals surface area contributed by atoms with Gasteiger partial charge in [0.1, 0.15) is 16.5 Å². The Morgan fingerprint density at radius 1 is 1.33 bits per heavy atom. The summed E-state index contributed by atoms with van der Waals surface area (Å²) in [6, 6.07) is 0. The number of rotatable bonds is 4. The molecule has 0 amide bonds. The van der Waals surface area contributed by atoms with Crippen LogP contribution in [0.1, 0.15) is 29.5 Å². The summed E-state index contributed by atoms with van der Waals surface area (Å²) in [4.78, 5) is 0.242. The number of H-pyrrole nitrogens is 1. The predicted molar refractivity (Wildman–Crippen MR) is 75.1 cm³/mol. The van der Waals surface area contributed by atoms with E-state index in [-0.39, 0.29) is 11.4 Å².